The van der Waals surface area contributed by atoms with Gasteiger partial charge in [0.1, 0.15) is 0 Å². The van der Waals surface area contributed by atoms with Crippen molar-refractivity contribution in [1.29, 1.82) is 0 Å². The third kappa shape index (κ3) is 3.40. The number of halogens is 1. The topological polar surface area (TPSA) is 40.6 Å². The molecule has 1 saturated heterocycles. The van der Waals surface area contributed by atoms with Crippen molar-refractivity contribution >= 4 is 34.2 Å². The lowest BCUT2D eigenvalue weighted by atomic mass is 10.0. The van der Waals surface area contributed by atoms with Crippen LogP contribution in [0.2, 0.25) is 5.02 Å². The summed E-state index contributed by atoms with van der Waals surface area (Å²) in [5.74, 6) is -0.0745. The van der Waals surface area contributed by atoms with E-state index < -0.39 is 0 Å². The molecule has 136 valence electrons. The molecule has 0 saturated carbocycles. The molecule has 1 fully saturated rings. The number of benzene rings is 3. The van der Waals surface area contributed by atoms with Gasteiger partial charge in [-0.25, -0.2) is 0 Å². The van der Waals surface area contributed by atoms with Crippen molar-refractivity contribution in [3.8, 4) is 0 Å². The van der Waals surface area contributed by atoms with Gasteiger partial charge in [-0.3, -0.25) is 9.59 Å². The van der Waals surface area contributed by atoms with Gasteiger partial charge in [0, 0.05) is 31.7 Å². The monoisotopic (exact) mass is 378 g/mol. The molecule has 0 N–H and O–H groups in total. The van der Waals surface area contributed by atoms with Crippen LogP contribution in [-0.4, -0.2) is 47.8 Å². The molecule has 0 atom stereocenters. The maximum absolute atomic E-state index is 13.0. The number of piperazine rings is 1. The van der Waals surface area contributed by atoms with Gasteiger partial charge < -0.3 is 9.80 Å². The molecule has 27 heavy (non-hydrogen) atoms. The standard InChI is InChI=1S/C22H19ClN2O2/c23-20-11-4-3-9-19(20)22(27)25-14-12-24(13-15-25)21(26)18-10-5-7-16-6-1-2-8-17(16)18/h1-11H,12-15H2. The van der Waals surface area contributed by atoms with Gasteiger partial charge >= 0.3 is 0 Å². The van der Waals surface area contributed by atoms with Crippen molar-refractivity contribution in [2.75, 3.05) is 26.2 Å². The zero-order valence-corrected chi connectivity index (χ0v) is 15.5. The summed E-state index contributed by atoms with van der Waals surface area (Å²) in [5.41, 5.74) is 1.21. The fourth-order valence-corrected chi connectivity index (χ4v) is 3.72. The maximum Gasteiger partial charge on any atom is 0.255 e. The number of rotatable bonds is 2. The van der Waals surface area contributed by atoms with Gasteiger partial charge in [-0.1, -0.05) is 60.1 Å². The van der Waals surface area contributed by atoms with E-state index in [0.717, 1.165) is 10.8 Å². The maximum atomic E-state index is 13.0. The summed E-state index contributed by atoms with van der Waals surface area (Å²) in [7, 11) is 0. The number of hydrogen-bond acceptors (Lipinski definition) is 2. The smallest absolute Gasteiger partial charge is 0.255 e. The molecule has 0 bridgehead atoms. The Kier molecular flexibility index (Phi) is 4.82. The van der Waals surface area contributed by atoms with Gasteiger partial charge in [0.25, 0.3) is 11.8 Å². The van der Waals surface area contributed by atoms with Crippen LogP contribution in [0.4, 0.5) is 0 Å². The Morgan fingerprint density at radius 3 is 1.89 bits per heavy atom. The van der Waals surface area contributed by atoms with Gasteiger partial charge in [-0.2, -0.15) is 0 Å². The highest BCUT2D eigenvalue weighted by atomic mass is 35.5. The SMILES string of the molecule is O=C(c1ccccc1Cl)N1CCN(C(=O)c2cccc3ccccc23)CC1. The fraction of sp³-hybridized carbons (Fsp3) is 0.182. The number of amides is 2. The van der Waals surface area contributed by atoms with Gasteiger partial charge in [-0.05, 0) is 29.0 Å². The Morgan fingerprint density at radius 1 is 0.667 bits per heavy atom. The molecule has 5 heteroatoms. The summed E-state index contributed by atoms with van der Waals surface area (Å²) < 4.78 is 0. The van der Waals surface area contributed by atoms with Crippen molar-refractivity contribution in [3.63, 3.8) is 0 Å². The van der Waals surface area contributed by atoms with Crippen LogP contribution in [0.25, 0.3) is 10.8 Å². The average Bonchev–Trinajstić information content (AvgIpc) is 2.73. The molecule has 2 amide bonds. The molecule has 1 heterocycles. The first-order valence-electron chi connectivity index (χ1n) is 8.96. The normalized spacial score (nSPS) is 14.4. The van der Waals surface area contributed by atoms with Crippen LogP contribution in [0.1, 0.15) is 20.7 Å². The predicted molar refractivity (Wildman–Crippen MR) is 107 cm³/mol. The molecular formula is C22H19ClN2O2. The first-order chi connectivity index (χ1) is 13.1. The Labute approximate surface area is 162 Å². The summed E-state index contributed by atoms with van der Waals surface area (Å²) in [6.45, 7) is 2.03. The number of nitrogens with zero attached hydrogens (tertiary/aromatic N) is 2. The largest absolute Gasteiger partial charge is 0.335 e. The van der Waals surface area contributed by atoms with E-state index in [1.54, 1.807) is 29.2 Å². The molecule has 0 radical (unpaired) electrons. The minimum absolute atomic E-state index is 0.0108. The third-order valence-corrected chi connectivity index (χ3v) is 5.31. The molecule has 0 unspecified atom stereocenters. The predicted octanol–water partition coefficient (Wildman–Crippen LogP) is 4.09. The first kappa shape index (κ1) is 17.6. The molecular weight excluding hydrogens is 360 g/mol. The molecule has 0 spiro atoms. The average molecular weight is 379 g/mol. The van der Waals surface area contributed by atoms with E-state index in [0.29, 0.717) is 42.3 Å². The number of fused-ring (bicyclic) bond motifs is 1. The zero-order chi connectivity index (χ0) is 18.8. The second-order valence-corrected chi connectivity index (χ2v) is 7.00. The number of carbonyl (C=O) groups is 2. The Morgan fingerprint density at radius 2 is 1.19 bits per heavy atom. The molecule has 3 aromatic carbocycles. The molecule has 4 nitrogen and oxygen atoms in total. The van der Waals surface area contributed by atoms with Crippen LogP contribution in [-0.2, 0) is 0 Å². The van der Waals surface area contributed by atoms with E-state index in [4.69, 9.17) is 11.6 Å². The highest BCUT2D eigenvalue weighted by Gasteiger charge is 2.26. The lowest BCUT2D eigenvalue weighted by Crippen LogP contribution is -2.50. The van der Waals surface area contributed by atoms with E-state index in [9.17, 15) is 9.59 Å². The van der Waals surface area contributed by atoms with Gasteiger partial charge in [0.05, 0.1) is 10.6 Å². The van der Waals surface area contributed by atoms with Crippen molar-refractivity contribution in [3.05, 3.63) is 82.9 Å². The van der Waals surface area contributed by atoms with E-state index in [-0.39, 0.29) is 11.8 Å². The minimum atomic E-state index is -0.0853. The summed E-state index contributed by atoms with van der Waals surface area (Å²) in [4.78, 5) is 29.3. The van der Waals surface area contributed by atoms with Crippen LogP contribution in [0, 0.1) is 0 Å². The van der Waals surface area contributed by atoms with Crippen molar-refractivity contribution in [2.24, 2.45) is 0 Å². The molecule has 1 aliphatic heterocycles. The van der Waals surface area contributed by atoms with E-state index >= 15 is 0 Å². The van der Waals surface area contributed by atoms with Crippen LogP contribution in [0.5, 0.6) is 0 Å². The molecule has 3 aromatic rings. The van der Waals surface area contributed by atoms with Crippen molar-refractivity contribution in [1.82, 2.24) is 9.80 Å². The summed E-state index contributed by atoms with van der Waals surface area (Å²) in [6, 6.07) is 20.7. The lowest BCUT2D eigenvalue weighted by molar-refractivity contribution is 0.0536. The minimum Gasteiger partial charge on any atom is -0.335 e. The summed E-state index contributed by atoms with van der Waals surface area (Å²) >= 11 is 6.14. The fourth-order valence-electron chi connectivity index (χ4n) is 3.50. The Bertz CT molecular complexity index is 1000. The highest BCUT2D eigenvalue weighted by Crippen LogP contribution is 2.22. The highest BCUT2D eigenvalue weighted by molar-refractivity contribution is 6.33. The quantitative estimate of drug-likeness (QED) is 0.673. The second-order valence-electron chi connectivity index (χ2n) is 6.59. The van der Waals surface area contributed by atoms with Crippen LogP contribution >= 0.6 is 11.6 Å². The van der Waals surface area contributed by atoms with Crippen LogP contribution < -0.4 is 0 Å². The van der Waals surface area contributed by atoms with Crippen LogP contribution in [0.15, 0.2) is 66.7 Å². The van der Waals surface area contributed by atoms with Crippen molar-refractivity contribution < 1.29 is 9.59 Å². The second kappa shape index (κ2) is 7.41. The summed E-state index contributed by atoms with van der Waals surface area (Å²) in [5, 5.41) is 2.47. The zero-order valence-electron chi connectivity index (χ0n) is 14.8. The summed E-state index contributed by atoms with van der Waals surface area (Å²) in [6.07, 6.45) is 0. The number of hydrogen-bond donors (Lipinski definition) is 0. The molecule has 0 aliphatic carbocycles. The lowest BCUT2D eigenvalue weighted by Gasteiger charge is -2.35. The Balaban J connectivity index is 1.48. The van der Waals surface area contributed by atoms with Gasteiger partial charge in [0.2, 0.25) is 0 Å². The van der Waals surface area contributed by atoms with Gasteiger partial charge in [-0.15, -0.1) is 0 Å². The van der Waals surface area contributed by atoms with E-state index in [2.05, 4.69) is 0 Å². The molecule has 4 rings (SSSR count). The molecule has 0 aromatic heterocycles. The first-order valence-corrected chi connectivity index (χ1v) is 9.34. The van der Waals surface area contributed by atoms with Crippen LogP contribution in [0.3, 0.4) is 0 Å². The van der Waals surface area contributed by atoms with Gasteiger partial charge in [0.15, 0.2) is 0 Å². The van der Waals surface area contributed by atoms with Crippen molar-refractivity contribution in [2.45, 2.75) is 0 Å². The third-order valence-electron chi connectivity index (χ3n) is 4.98. The van der Waals surface area contributed by atoms with E-state index in [1.807, 2.05) is 47.4 Å². The number of carbonyl (C=O) groups excluding carboxylic acids is 2. The Hall–Kier alpha value is -2.85. The molecule has 1 aliphatic rings. The van der Waals surface area contributed by atoms with E-state index in [1.165, 1.54) is 0 Å².